The van der Waals surface area contributed by atoms with Gasteiger partial charge in [-0.3, -0.25) is 10.1 Å². The van der Waals surface area contributed by atoms with E-state index in [9.17, 15) is 10.1 Å². The van der Waals surface area contributed by atoms with E-state index in [-0.39, 0.29) is 11.5 Å². The first-order valence-corrected chi connectivity index (χ1v) is 4.69. The monoisotopic (exact) mass is 220 g/mol. The van der Waals surface area contributed by atoms with E-state index in [1.54, 1.807) is 6.92 Å². The molecule has 6 heteroatoms. The van der Waals surface area contributed by atoms with Crippen LogP contribution in [-0.2, 0) is 0 Å². The molecule has 3 N–H and O–H groups in total. The zero-order chi connectivity index (χ0) is 12.0. The van der Waals surface area contributed by atoms with Crippen LogP contribution in [0.15, 0.2) is 12.1 Å². The predicted octanol–water partition coefficient (Wildman–Crippen LogP) is 1.40. The highest BCUT2D eigenvalue weighted by Crippen LogP contribution is 2.20. The van der Waals surface area contributed by atoms with E-state index in [4.69, 9.17) is 5.73 Å². The Morgan fingerprint density at radius 1 is 1.62 bits per heavy atom. The topological polar surface area (TPSA) is 94.1 Å². The fourth-order valence-corrected chi connectivity index (χ4v) is 1.10. The van der Waals surface area contributed by atoms with Crippen LogP contribution >= 0.6 is 0 Å². The minimum atomic E-state index is -0.561. The molecule has 0 radical (unpaired) electrons. The van der Waals surface area contributed by atoms with E-state index in [1.165, 1.54) is 12.1 Å². The Balaban J connectivity index is 2.65. The Kier molecular flexibility index (Phi) is 4.09. The summed E-state index contributed by atoms with van der Waals surface area (Å²) in [6, 6.07) is 2.85. The van der Waals surface area contributed by atoms with Crippen molar-refractivity contribution >= 4 is 17.3 Å². The standard InChI is InChI=1S/C10H12N4O2/c1-2-3-4-7-12-9-6-5-8(14(15)16)10(11)13-9/h5-6H,4,7H2,1H3,(H3,11,12,13). The summed E-state index contributed by atoms with van der Waals surface area (Å²) < 4.78 is 0. The summed E-state index contributed by atoms with van der Waals surface area (Å²) in [6.07, 6.45) is 0.690. The number of hydrogen-bond acceptors (Lipinski definition) is 5. The molecule has 84 valence electrons. The third kappa shape index (κ3) is 3.13. The molecule has 6 nitrogen and oxygen atoms in total. The van der Waals surface area contributed by atoms with Crippen LogP contribution in [0.5, 0.6) is 0 Å². The second-order valence-corrected chi connectivity index (χ2v) is 2.96. The summed E-state index contributed by atoms with van der Waals surface area (Å²) >= 11 is 0. The van der Waals surface area contributed by atoms with Crippen molar-refractivity contribution in [2.45, 2.75) is 13.3 Å². The van der Waals surface area contributed by atoms with Gasteiger partial charge < -0.3 is 11.1 Å². The average molecular weight is 220 g/mol. The van der Waals surface area contributed by atoms with E-state index in [2.05, 4.69) is 22.1 Å². The maximum Gasteiger partial charge on any atom is 0.311 e. The minimum absolute atomic E-state index is 0.0865. The molecule has 0 amide bonds. The van der Waals surface area contributed by atoms with Crippen molar-refractivity contribution in [3.05, 3.63) is 22.2 Å². The van der Waals surface area contributed by atoms with E-state index >= 15 is 0 Å². The summed E-state index contributed by atoms with van der Waals surface area (Å²) in [7, 11) is 0. The lowest BCUT2D eigenvalue weighted by molar-refractivity contribution is -0.384. The average Bonchev–Trinajstić information content (AvgIpc) is 2.24. The zero-order valence-electron chi connectivity index (χ0n) is 8.86. The van der Waals surface area contributed by atoms with Gasteiger partial charge in [0, 0.05) is 19.0 Å². The third-order valence-electron chi connectivity index (χ3n) is 1.83. The number of anilines is 2. The van der Waals surface area contributed by atoms with Crippen molar-refractivity contribution in [3.8, 4) is 11.8 Å². The number of nitro groups is 1. The van der Waals surface area contributed by atoms with Crippen molar-refractivity contribution in [1.82, 2.24) is 4.98 Å². The third-order valence-corrected chi connectivity index (χ3v) is 1.83. The number of nitrogens with zero attached hydrogens (tertiary/aromatic N) is 2. The van der Waals surface area contributed by atoms with E-state index < -0.39 is 4.92 Å². The fraction of sp³-hybridized carbons (Fsp3) is 0.300. The van der Waals surface area contributed by atoms with Crippen LogP contribution < -0.4 is 11.1 Å². The first-order chi connectivity index (χ1) is 7.65. The molecular formula is C10H12N4O2. The summed E-state index contributed by atoms with van der Waals surface area (Å²) in [4.78, 5) is 13.8. The van der Waals surface area contributed by atoms with Crippen LogP contribution in [0.4, 0.5) is 17.3 Å². The first kappa shape index (κ1) is 11.8. The molecule has 0 atom stereocenters. The quantitative estimate of drug-likeness (QED) is 0.346. The number of aromatic nitrogens is 1. The van der Waals surface area contributed by atoms with Gasteiger partial charge in [-0.1, -0.05) is 0 Å². The summed E-state index contributed by atoms with van der Waals surface area (Å²) in [5.74, 6) is 6.08. The van der Waals surface area contributed by atoms with Crippen molar-refractivity contribution in [1.29, 1.82) is 0 Å². The van der Waals surface area contributed by atoms with Crippen molar-refractivity contribution < 1.29 is 4.92 Å². The van der Waals surface area contributed by atoms with Gasteiger partial charge in [-0.15, -0.1) is 11.8 Å². The van der Waals surface area contributed by atoms with Gasteiger partial charge in [0.1, 0.15) is 5.82 Å². The van der Waals surface area contributed by atoms with Crippen molar-refractivity contribution in [2.24, 2.45) is 0 Å². The molecule has 0 aliphatic carbocycles. The molecule has 0 aromatic carbocycles. The second-order valence-electron chi connectivity index (χ2n) is 2.96. The summed E-state index contributed by atoms with van der Waals surface area (Å²) in [6.45, 7) is 2.40. The van der Waals surface area contributed by atoms with Gasteiger partial charge in [0.15, 0.2) is 0 Å². The van der Waals surface area contributed by atoms with Crippen LogP contribution in [0.2, 0.25) is 0 Å². The molecule has 0 saturated carbocycles. The number of pyridine rings is 1. The van der Waals surface area contributed by atoms with Crippen LogP contribution in [0, 0.1) is 22.0 Å². The van der Waals surface area contributed by atoms with E-state index in [0.717, 1.165) is 0 Å². The van der Waals surface area contributed by atoms with Gasteiger partial charge in [-0.05, 0) is 13.0 Å². The van der Waals surface area contributed by atoms with Gasteiger partial charge in [-0.25, -0.2) is 4.98 Å². The Morgan fingerprint density at radius 2 is 2.38 bits per heavy atom. The highest BCUT2D eigenvalue weighted by atomic mass is 16.6. The number of hydrogen-bond donors (Lipinski definition) is 2. The maximum atomic E-state index is 10.5. The number of rotatable bonds is 4. The molecule has 0 aliphatic rings. The summed E-state index contributed by atoms with van der Waals surface area (Å²) in [5.41, 5.74) is 5.25. The van der Waals surface area contributed by atoms with Gasteiger partial charge in [-0.2, -0.15) is 0 Å². The maximum absolute atomic E-state index is 10.5. The molecule has 0 spiro atoms. The van der Waals surface area contributed by atoms with Gasteiger partial charge in [0.2, 0.25) is 5.82 Å². The van der Waals surface area contributed by atoms with E-state index in [0.29, 0.717) is 18.8 Å². The van der Waals surface area contributed by atoms with Crippen molar-refractivity contribution in [2.75, 3.05) is 17.6 Å². The SMILES string of the molecule is CC#CCCNc1ccc([N+](=O)[O-])c(N)n1. The van der Waals surface area contributed by atoms with Crippen LogP contribution in [-0.4, -0.2) is 16.5 Å². The second kappa shape index (κ2) is 5.56. The molecule has 0 unspecified atom stereocenters. The molecule has 0 fully saturated rings. The fourth-order valence-electron chi connectivity index (χ4n) is 1.10. The number of nitrogen functional groups attached to an aromatic ring is 1. The lowest BCUT2D eigenvalue weighted by Crippen LogP contribution is -2.05. The number of nitrogens with one attached hydrogen (secondary N) is 1. The van der Waals surface area contributed by atoms with Gasteiger partial charge >= 0.3 is 5.69 Å². The Hall–Kier alpha value is -2.29. The molecule has 1 aromatic rings. The van der Waals surface area contributed by atoms with Crippen molar-refractivity contribution in [3.63, 3.8) is 0 Å². The molecule has 0 aliphatic heterocycles. The Morgan fingerprint density at radius 3 is 2.94 bits per heavy atom. The Bertz CT molecular complexity index is 448. The summed E-state index contributed by atoms with van der Waals surface area (Å²) in [5, 5.41) is 13.4. The normalized spacial score (nSPS) is 9.06. The van der Waals surface area contributed by atoms with Crippen LogP contribution in [0.3, 0.4) is 0 Å². The molecule has 1 heterocycles. The lowest BCUT2D eigenvalue weighted by atomic mass is 10.3. The highest BCUT2D eigenvalue weighted by Gasteiger charge is 2.12. The highest BCUT2D eigenvalue weighted by molar-refractivity contribution is 5.57. The molecule has 1 aromatic heterocycles. The van der Waals surface area contributed by atoms with E-state index in [1.807, 2.05) is 0 Å². The zero-order valence-corrected chi connectivity index (χ0v) is 8.86. The van der Waals surface area contributed by atoms with Crippen LogP contribution in [0.1, 0.15) is 13.3 Å². The largest absolute Gasteiger partial charge is 0.378 e. The van der Waals surface area contributed by atoms with Gasteiger partial charge in [0.25, 0.3) is 0 Å². The van der Waals surface area contributed by atoms with Crippen LogP contribution in [0.25, 0.3) is 0 Å². The van der Waals surface area contributed by atoms with Gasteiger partial charge in [0.05, 0.1) is 4.92 Å². The number of nitrogens with two attached hydrogens (primary N) is 1. The smallest absolute Gasteiger partial charge is 0.311 e. The molecule has 0 bridgehead atoms. The molecular weight excluding hydrogens is 208 g/mol. The molecule has 1 rings (SSSR count). The first-order valence-electron chi connectivity index (χ1n) is 4.69. The predicted molar refractivity (Wildman–Crippen MR) is 61.9 cm³/mol. The molecule has 0 saturated heterocycles. The molecule has 16 heavy (non-hydrogen) atoms. The Labute approximate surface area is 93.0 Å². The lowest BCUT2D eigenvalue weighted by Gasteiger charge is -2.03. The minimum Gasteiger partial charge on any atom is -0.378 e.